The highest BCUT2D eigenvalue weighted by atomic mass is 16.6. The molecule has 2 rings (SSSR count). The Kier molecular flexibility index (Phi) is 3.90. The van der Waals surface area contributed by atoms with E-state index in [1.54, 1.807) is 0 Å². The van der Waals surface area contributed by atoms with Crippen LogP contribution in [0.15, 0.2) is 0 Å². The van der Waals surface area contributed by atoms with E-state index in [0.717, 1.165) is 19.3 Å². The lowest BCUT2D eigenvalue weighted by Crippen LogP contribution is -2.45. The number of hydrogen-bond acceptors (Lipinski definition) is 3. The number of ether oxygens (including phenoxy) is 1. The van der Waals surface area contributed by atoms with Crippen LogP contribution in [0.3, 0.4) is 0 Å². The van der Waals surface area contributed by atoms with Gasteiger partial charge in [-0.05, 0) is 50.4 Å². The van der Waals surface area contributed by atoms with Gasteiger partial charge in [0, 0.05) is 18.8 Å². The van der Waals surface area contributed by atoms with Gasteiger partial charge in [0.2, 0.25) is 0 Å². The Morgan fingerprint density at radius 2 is 2.26 bits per heavy atom. The topological polar surface area (TPSA) is 50.1 Å². The van der Waals surface area contributed by atoms with Crippen molar-refractivity contribution in [3.63, 3.8) is 0 Å². The summed E-state index contributed by atoms with van der Waals surface area (Å²) >= 11 is 0. The molecule has 0 saturated heterocycles. The molecule has 0 aromatic heterocycles. The lowest BCUT2D eigenvalue weighted by atomic mass is 9.68. The van der Waals surface area contributed by atoms with Crippen LogP contribution in [0.1, 0.15) is 53.4 Å². The van der Waals surface area contributed by atoms with Crippen LogP contribution in [-0.4, -0.2) is 11.6 Å². The maximum Gasteiger partial charge on any atom is 0.303 e. The van der Waals surface area contributed by atoms with Crippen LogP contribution in [0.4, 0.5) is 0 Å². The molecule has 0 amide bonds. The minimum absolute atomic E-state index is 0.0960. The van der Waals surface area contributed by atoms with Crippen molar-refractivity contribution in [2.45, 2.75) is 59.0 Å². The number of carbonyl (C=O) groups excluding carboxylic acids is 1. The number of fused-ring (bicyclic) bond motifs is 2. The molecule has 0 aromatic rings. The SMILES string of the molecule is CCC1(OC(C)=O)CC2CC1C(CC(C)C#N)C2C. The molecule has 19 heavy (non-hydrogen) atoms. The second kappa shape index (κ2) is 5.15. The molecule has 3 heteroatoms. The summed E-state index contributed by atoms with van der Waals surface area (Å²) in [5.41, 5.74) is -0.247. The number of rotatable bonds is 4. The van der Waals surface area contributed by atoms with Crippen molar-refractivity contribution in [2.75, 3.05) is 0 Å². The van der Waals surface area contributed by atoms with Gasteiger partial charge in [0.25, 0.3) is 0 Å². The van der Waals surface area contributed by atoms with Gasteiger partial charge in [0.15, 0.2) is 0 Å². The molecule has 2 fully saturated rings. The summed E-state index contributed by atoms with van der Waals surface area (Å²) in [6, 6.07) is 2.35. The van der Waals surface area contributed by atoms with Gasteiger partial charge in [-0.15, -0.1) is 0 Å². The molecule has 6 atom stereocenters. The standard InChI is InChI=1S/C16H25NO2/c1-5-16(19-12(4)18)8-13-7-15(16)14(11(13)3)6-10(2)9-17/h10-11,13-15H,5-8H2,1-4H3. The first-order chi connectivity index (χ1) is 8.93. The van der Waals surface area contributed by atoms with Crippen LogP contribution in [0.25, 0.3) is 0 Å². The highest BCUT2D eigenvalue weighted by Gasteiger charge is 2.59. The van der Waals surface area contributed by atoms with Crippen molar-refractivity contribution in [2.24, 2.45) is 29.6 Å². The van der Waals surface area contributed by atoms with Gasteiger partial charge in [-0.2, -0.15) is 5.26 Å². The number of hydrogen-bond donors (Lipinski definition) is 0. The van der Waals surface area contributed by atoms with E-state index in [0.29, 0.717) is 23.7 Å². The maximum absolute atomic E-state index is 11.4. The Bertz CT molecular complexity index is 400. The summed E-state index contributed by atoms with van der Waals surface area (Å²) in [5.74, 6) is 2.26. The van der Waals surface area contributed by atoms with Gasteiger partial charge in [-0.1, -0.05) is 13.8 Å². The van der Waals surface area contributed by atoms with Crippen LogP contribution in [0.2, 0.25) is 0 Å². The third kappa shape index (κ3) is 2.38. The largest absolute Gasteiger partial charge is 0.459 e. The second-order valence-corrected chi connectivity index (χ2v) is 6.61. The van der Waals surface area contributed by atoms with E-state index in [9.17, 15) is 4.79 Å². The van der Waals surface area contributed by atoms with E-state index in [2.05, 4.69) is 19.9 Å². The summed E-state index contributed by atoms with van der Waals surface area (Å²) in [5, 5.41) is 9.05. The number of carbonyl (C=O) groups is 1. The minimum Gasteiger partial charge on any atom is -0.459 e. The molecule has 6 unspecified atom stereocenters. The Labute approximate surface area is 116 Å². The fourth-order valence-corrected chi connectivity index (χ4v) is 4.62. The first kappa shape index (κ1) is 14.4. The van der Waals surface area contributed by atoms with Crippen molar-refractivity contribution in [1.82, 2.24) is 0 Å². The van der Waals surface area contributed by atoms with Crippen LogP contribution in [0, 0.1) is 40.9 Å². The summed E-state index contributed by atoms with van der Waals surface area (Å²) in [6.07, 6.45) is 4.04. The zero-order valence-electron chi connectivity index (χ0n) is 12.5. The zero-order chi connectivity index (χ0) is 14.2. The highest BCUT2D eigenvalue weighted by Crippen LogP contribution is 2.60. The lowest BCUT2D eigenvalue weighted by molar-refractivity contribution is -0.168. The maximum atomic E-state index is 11.4. The van der Waals surface area contributed by atoms with Crippen molar-refractivity contribution >= 4 is 5.97 Å². The molecule has 0 aromatic carbocycles. The molecule has 0 spiro atoms. The summed E-state index contributed by atoms with van der Waals surface area (Å²) in [6.45, 7) is 7.95. The van der Waals surface area contributed by atoms with Crippen LogP contribution in [0.5, 0.6) is 0 Å². The molecule has 2 saturated carbocycles. The molecule has 106 valence electrons. The molecular weight excluding hydrogens is 238 g/mol. The van der Waals surface area contributed by atoms with Crippen molar-refractivity contribution < 1.29 is 9.53 Å². The molecule has 2 aliphatic carbocycles. The van der Waals surface area contributed by atoms with Gasteiger partial charge in [0.05, 0.1) is 6.07 Å². The van der Waals surface area contributed by atoms with E-state index < -0.39 is 0 Å². The van der Waals surface area contributed by atoms with Gasteiger partial charge in [0.1, 0.15) is 5.60 Å². The third-order valence-corrected chi connectivity index (χ3v) is 5.57. The quantitative estimate of drug-likeness (QED) is 0.729. The predicted molar refractivity (Wildman–Crippen MR) is 73.1 cm³/mol. The summed E-state index contributed by atoms with van der Waals surface area (Å²) in [7, 11) is 0. The fraction of sp³-hybridized carbons (Fsp3) is 0.875. The molecule has 0 aliphatic heterocycles. The lowest BCUT2D eigenvalue weighted by Gasteiger charge is -2.43. The second-order valence-electron chi connectivity index (χ2n) is 6.61. The molecule has 2 bridgehead atoms. The predicted octanol–water partition coefficient (Wildman–Crippen LogP) is 3.54. The number of esters is 1. The van der Waals surface area contributed by atoms with Crippen molar-refractivity contribution in [3.05, 3.63) is 0 Å². The van der Waals surface area contributed by atoms with Crippen molar-refractivity contribution in [1.29, 1.82) is 5.26 Å². The Hall–Kier alpha value is -1.04. The van der Waals surface area contributed by atoms with E-state index in [1.807, 2.05) is 6.92 Å². The molecule has 2 aliphatic rings. The Balaban J connectivity index is 2.19. The zero-order valence-corrected chi connectivity index (χ0v) is 12.5. The minimum atomic E-state index is -0.247. The Morgan fingerprint density at radius 1 is 1.58 bits per heavy atom. The molecular formula is C16H25NO2. The number of nitriles is 1. The average Bonchev–Trinajstić information content (AvgIpc) is 2.86. The molecule has 3 nitrogen and oxygen atoms in total. The van der Waals surface area contributed by atoms with E-state index in [-0.39, 0.29) is 17.5 Å². The fourth-order valence-electron chi connectivity index (χ4n) is 4.62. The first-order valence-corrected chi connectivity index (χ1v) is 7.52. The molecule has 0 radical (unpaired) electrons. The highest BCUT2D eigenvalue weighted by molar-refractivity contribution is 5.66. The van der Waals surface area contributed by atoms with Gasteiger partial charge in [-0.3, -0.25) is 4.79 Å². The molecule has 0 N–H and O–H groups in total. The first-order valence-electron chi connectivity index (χ1n) is 7.52. The van der Waals surface area contributed by atoms with E-state index in [4.69, 9.17) is 10.00 Å². The normalized spacial score (nSPS) is 41.8. The molecule has 0 heterocycles. The van der Waals surface area contributed by atoms with Gasteiger partial charge < -0.3 is 4.74 Å². The van der Waals surface area contributed by atoms with Crippen LogP contribution >= 0.6 is 0 Å². The summed E-state index contributed by atoms with van der Waals surface area (Å²) in [4.78, 5) is 11.4. The number of nitrogens with zero attached hydrogens (tertiary/aromatic N) is 1. The average molecular weight is 263 g/mol. The van der Waals surface area contributed by atoms with Crippen LogP contribution < -0.4 is 0 Å². The van der Waals surface area contributed by atoms with Gasteiger partial charge >= 0.3 is 5.97 Å². The summed E-state index contributed by atoms with van der Waals surface area (Å²) < 4.78 is 5.75. The monoisotopic (exact) mass is 263 g/mol. The Morgan fingerprint density at radius 3 is 2.74 bits per heavy atom. The van der Waals surface area contributed by atoms with Gasteiger partial charge in [-0.25, -0.2) is 0 Å². The van der Waals surface area contributed by atoms with Crippen molar-refractivity contribution in [3.8, 4) is 6.07 Å². The van der Waals surface area contributed by atoms with E-state index in [1.165, 1.54) is 13.3 Å². The van der Waals surface area contributed by atoms with E-state index >= 15 is 0 Å². The van der Waals surface area contributed by atoms with Crippen LogP contribution in [-0.2, 0) is 9.53 Å². The smallest absolute Gasteiger partial charge is 0.303 e. The third-order valence-electron chi connectivity index (χ3n) is 5.57.